The molecule has 0 unspecified atom stereocenters. The third-order valence-corrected chi connectivity index (χ3v) is 2.69. The zero-order chi connectivity index (χ0) is 14.5. The van der Waals surface area contributed by atoms with Crippen molar-refractivity contribution in [3.8, 4) is 5.88 Å². The first-order chi connectivity index (χ1) is 9.65. The molecule has 0 aliphatic rings. The molecule has 0 bridgehead atoms. The zero-order valence-electron chi connectivity index (χ0n) is 11.2. The number of anilines is 2. The fourth-order valence-electron chi connectivity index (χ4n) is 1.78. The molecule has 1 heterocycles. The van der Waals surface area contributed by atoms with Crippen LogP contribution in [0.3, 0.4) is 0 Å². The average molecular weight is 274 g/mol. The van der Waals surface area contributed by atoms with Gasteiger partial charge in [0.25, 0.3) is 5.88 Å². The fourth-order valence-corrected chi connectivity index (χ4v) is 1.78. The lowest BCUT2D eigenvalue weighted by Crippen LogP contribution is -2.14. The lowest BCUT2D eigenvalue weighted by molar-refractivity contribution is -0.385. The number of para-hydroxylation sites is 1. The molecule has 104 valence electrons. The number of nitro groups is 1. The summed E-state index contributed by atoms with van der Waals surface area (Å²) in [6, 6.07) is 9.25. The van der Waals surface area contributed by atoms with Crippen molar-refractivity contribution in [1.29, 1.82) is 0 Å². The fraction of sp³-hybridized carbons (Fsp3) is 0.231. The summed E-state index contributed by atoms with van der Waals surface area (Å²) in [5, 5.41) is 11.3. The van der Waals surface area contributed by atoms with Crippen LogP contribution in [0.5, 0.6) is 5.88 Å². The molecule has 2 rings (SSSR count). The van der Waals surface area contributed by atoms with Crippen molar-refractivity contribution in [3.05, 3.63) is 46.8 Å². The number of rotatable bonds is 5. The van der Waals surface area contributed by atoms with E-state index in [-0.39, 0.29) is 17.4 Å². The van der Waals surface area contributed by atoms with E-state index in [1.165, 1.54) is 6.33 Å². The number of hydrogen-bond acceptors (Lipinski definition) is 6. The molecule has 0 aliphatic heterocycles. The van der Waals surface area contributed by atoms with Crippen LogP contribution >= 0.6 is 0 Å². The standard InChI is InChI=1S/C13H14N4O3/c1-3-20-13-11(17(18)19)12(14-9-15-13)16(2)10-7-5-4-6-8-10/h4-9H,3H2,1-2H3. The summed E-state index contributed by atoms with van der Waals surface area (Å²) in [7, 11) is 1.71. The Morgan fingerprint density at radius 1 is 1.30 bits per heavy atom. The number of hydrogen-bond donors (Lipinski definition) is 0. The van der Waals surface area contributed by atoms with E-state index < -0.39 is 4.92 Å². The van der Waals surface area contributed by atoms with Gasteiger partial charge in [-0.3, -0.25) is 10.1 Å². The molecule has 2 aromatic rings. The van der Waals surface area contributed by atoms with Crippen LogP contribution in [0.2, 0.25) is 0 Å². The second-order valence-corrected chi connectivity index (χ2v) is 3.94. The summed E-state index contributed by atoms with van der Waals surface area (Å²) in [4.78, 5) is 20.2. The van der Waals surface area contributed by atoms with Crippen molar-refractivity contribution in [2.75, 3.05) is 18.6 Å². The molecule has 1 aromatic heterocycles. The van der Waals surface area contributed by atoms with Gasteiger partial charge in [0.05, 0.1) is 11.5 Å². The van der Waals surface area contributed by atoms with Crippen molar-refractivity contribution in [2.45, 2.75) is 6.92 Å². The first-order valence-corrected chi connectivity index (χ1v) is 6.06. The molecule has 0 aliphatic carbocycles. The van der Waals surface area contributed by atoms with Crippen molar-refractivity contribution < 1.29 is 9.66 Å². The highest BCUT2D eigenvalue weighted by Crippen LogP contribution is 2.35. The summed E-state index contributed by atoms with van der Waals surface area (Å²) >= 11 is 0. The van der Waals surface area contributed by atoms with Crippen LogP contribution in [0, 0.1) is 10.1 Å². The van der Waals surface area contributed by atoms with E-state index in [1.807, 2.05) is 30.3 Å². The van der Waals surface area contributed by atoms with Crippen LogP contribution in [-0.2, 0) is 0 Å². The highest BCUT2D eigenvalue weighted by Gasteiger charge is 2.27. The molecule has 0 saturated heterocycles. The molecule has 0 spiro atoms. The Labute approximate surface area is 116 Å². The Balaban J connectivity index is 2.51. The maximum absolute atomic E-state index is 11.3. The van der Waals surface area contributed by atoms with Gasteiger partial charge in [-0.05, 0) is 19.1 Å². The monoisotopic (exact) mass is 274 g/mol. The zero-order valence-corrected chi connectivity index (χ0v) is 11.2. The second-order valence-electron chi connectivity index (χ2n) is 3.94. The van der Waals surface area contributed by atoms with Crippen LogP contribution < -0.4 is 9.64 Å². The molecule has 0 saturated carbocycles. The van der Waals surface area contributed by atoms with Gasteiger partial charge in [0.15, 0.2) is 0 Å². The molecule has 0 atom stereocenters. The Kier molecular flexibility index (Phi) is 4.09. The van der Waals surface area contributed by atoms with Crippen molar-refractivity contribution in [2.24, 2.45) is 0 Å². The number of aromatic nitrogens is 2. The molecule has 0 fully saturated rings. The summed E-state index contributed by atoms with van der Waals surface area (Å²) in [6.45, 7) is 2.04. The van der Waals surface area contributed by atoms with Crippen LogP contribution in [0.1, 0.15) is 6.92 Å². The van der Waals surface area contributed by atoms with Gasteiger partial charge >= 0.3 is 5.69 Å². The molecule has 20 heavy (non-hydrogen) atoms. The Bertz CT molecular complexity index is 604. The Morgan fingerprint density at radius 3 is 2.60 bits per heavy atom. The van der Waals surface area contributed by atoms with Crippen LogP contribution in [0.15, 0.2) is 36.7 Å². The van der Waals surface area contributed by atoms with Gasteiger partial charge in [0.1, 0.15) is 6.33 Å². The van der Waals surface area contributed by atoms with Gasteiger partial charge in [-0.1, -0.05) is 18.2 Å². The molecule has 1 aromatic carbocycles. The lowest BCUT2D eigenvalue weighted by atomic mass is 10.3. The van der Waals surface area contributed by atoms with Gasteiger partial charge in [0.2, 0.25) is 5.82 Å². The maximum atomic E-state index is 11.3. The van der Waals surface area contributed by atoms with Gasteiger partial charge < -0.3 is 9.64 Å². The first kappa shape index (κ1) is 13.7. The van der Waals surface area contributed by atoms with E-state index in [4.69, 9.17) is 4.74 Å². The van der Waals surface area contributed by atoms with Crippen LogP contribution in [0.4, 0.5) is 17.2 Å². The third-order valence-electron chi connectivity index (χ3n) is 2.69. The van der Waals surface area contributed by atoms with Gasteiger partial charge in [-0.15, -0.1) is 0 Å². The van der Waals surface area contributed by atoms with E-state index in [2.05, 4.69) is 9.97 Å². The largest absolute Gasteiger partial charge is 0.473 e. The lowest BCUT2D eigenvalue weighted by Gasteiger charge is -2.18. The smallest absolute Gasteiger partial charge is 0.373 e. The SMILES string of the molecule is CCOc1ncnc(N(C)c2ccccc2)c1[N+](=O)[O-]. The molecular formula is C13H14N4O3. The molecular weight excluding hydrogens is 260 g/mol. The number of benzene rings is 1. The summed E-state index contributed by atoms with van der Waals surface area (Å²) < 4.78 is 5.21. The average Bonchev–Trinajstić information content (AvgIpc) is 2.47. The van der Waals surface area contributed by atoms with E-state index in [0.29, 0.717) is 6.61 Å². The molecule has 7 heteroatoms. The Hall–Kier alpha value is -2.70. The predicted molar refractivity (Wildman–Crippen MR) is 74.4 cm³/mol. The van der Waals surface area contributed by atoms with E-state index in [1.54, 1.807) is 18.9 Å². The normalized spacial score (nSPS) is 10.1. The highest BCUT2D eigenvalue weighted by atomic mass is 16.6. The van der Waals surface area contributed by atoms with E-state index in [9.17, 15) is 10.1 Å². The van der Waals surface area contributed by atoms with Crippen molar-refractivity contribution in [1.82, 2.24) is 9.97 Å². The van der Waals surface area contributed by atoms with Crippen LogP contribution in [-0.4, -0.2) is 28.5 Å². The maximum Gasteiger partial charge on any atom is 0.373 e. The van der Waals surface area contributed by atoms with Gasteiger partial charge in [-0.25, -0.2) is 4.98 Å². The van der Waals surface area contributed by atoms with Gasteiger partial charge in [0, 0.05) is 12.7 Å². The van der Waals surface area contributed by atoms with E-state index in [0.717, 1.165) is 5.69 Å². The molecule has 7 nitrogen and oxygen atoms in total. The first-order valence-electron chi connectivity index (χ1n) is 6.06. The second kappa shape index (κ2) is 5.96. The predicted octanol–water partition coefficient (Wildman–Crippen LogP) is 2.55. The third kappa shape index (κ3) is 2.66. The van der Waals surface area contributed by atoms with Crippen molar-refractivity contribution in [3.63, 3.8) is 0 Å². The van der Waals surface area contributed by atoms with Gasteiger partial charge in [-0.2, -0.15) is 4.98 Å². The van der Waals surface area contributed by atoms with Crippen molar-refractivity contribution >= 4 is 17.2 Å². The minimum absolute atomic E-state index is 0.0229. The topological polar surface area (TPSA) is 81.4 Å². The summed E-state index contributed by atoms with van der Waals surface area (Å²) in [6.07, 6.45) is 1.26. The minimum atomic E-state index is -0.528. The highest BCUT2D eigenvalue weighted by molar-refractivity contribution is 5.70. The quantitative estimate of drug-likeness (QED) is 0.615. The molecule has 0 radical (unpaired) electrons. The summed E-state index contributed by atoms with van der Waals surface area (Å²) in [5.41, 5.74) is 0.553. The molecule has 0 N–H and O–H groups in total. The minimum Gasteiger partial charge on any atom is -0.473 e. The van der Waals surface area contributed by atoms with E-state index >= 15 is 0 Å². The summed E-state index contributed by atoms with van der Waals surface area (Å²) in [5.74, 6) is 0.171. The molecule has 0 amide bonds. The number of nitrogens with zero attached hydrogens (tertiary/aromatic N) is 4. The van der Waals surface area contributed by atoms with Crippen LogP contribution in [0.25, 0.3) is 0 Å². The Morgan fingerprint density at radius 2 is 2.00 bits per heavy atom. The number of ether oxygens (including phenoxy) is 1.